The summed E-state index contributed by atoms with van der Waals surface area (Å²) in [7, 11) is 1.86. The molecule has 1 atom stereocenters. The van der Waals surface area contributed by atoms with Crippen molar-refractivity contribution in [3.8, 4) is 0 Å². The summed E-state index contributed by atoms with van der Waals surface area (Å²) >= 11 is 0. The van der Waals surface area contributed by atoms with Crippen LogP contribution in [0, 0.1) is 0 Å². The normalized spacial score (nSPS) is 21.6. The fourth-order valence-electron chi connectivity index (χ4n) is 3.67. The molecule has 24 heavy (non-hydrogen) atoms. The summed E-state index contributed by atoms with van der Waals surface area (Å²) in [5.74, 6) is 0.927. The van der Waals surface area contributed by atoms with E-state index in [-0.39, 0.29) is 0 Å². The lowest BCUT2D eigenvalue weighted by atomic mass is 10.0. The lowest BCUT2D eigenvalue weighted by Crippen LogP contribution is -2.48. The molecular weight excluding hydrogens is 300 g/mol. The molecule has 2 N–H and O–H groups in total. The maximum atomic E-state index is 5.52. The largest absolute Gasteiger partial charge is 0.379 e. The average molecular weight is 330 g/mol. The van der Waals surface area contributed by atoms with Crippen LogP contribution in [0.25, 0.3) is 0 Å². The predicted octanol–water partition coefficient (Wildman–Crippen LogP) is 2.17. The smallest absolute Gasteiger partial charge is 0.191 e. The van der Waals surface area contributed by atoms with Gasteiger partial charge in [-0.1, -0.05) is 43.2 Å². The van der Waals surface area contributed by atoms with Crippen LogP contribution in [0.2, 0.25) is 0 Å². The van der Waals surface area contributed by atoms with Gasteiger partial charge < -0.3 is 15.4 Å². The molecule has 132 valence electrons. The van der Waals surface area contributed by atoms with Crippen LogP contribution in [0.15, 0.2) is 35.3 Å². The second-order valence-corrected chi connectivity index (χ2v) is 6.65. The van der Waals surface area contributed by atoms with Crippen molar-refractivity contribution in [2.45, 2.75) is 37.8 Å². The summed E-state index contributed by atoms with van der Waals surface area (Å²) in [6.45, 7) is 4.46. The molecular formula is C19H30N4O. The molecule has 5 nitrogen and oxygen atoms in total. The molecule has 1 unspecified atom stereocenters. The number of benzene rings is 1. The van der Waals surface area contributed by atoms with Gasteiger partial charge in [-0.05, 0) is 18.4 Å². The van der Waals surface area contributed by atoms with E-state index in [9.17, 15) is 0 Å². The third kappa shape index (κ3) is 4.71. The molecule has 0 bridgehead atoms. The zero-order chi connectivity index (χ0) is 16.6. The van der Waals surface area contributed by atoms with E-state index >= 15 is 0 Å². The van der Waals surface area contributed by atoms with E-state index in [1.165, 1.54) is 31.2 Å². The van der Waals surface area contributed by atoms with Crippen molar-refractivity contribution in [3.05, 3.63) is 35.9 Å². The first kappa shape index (κ1) is 17.2. The van der Waals surface area contributed by atoms with Crippen LogP contribution in [-0.2, 0) is 4.74 Å². The maximum absolute atomic E-state index is 5.52. The van der Waals surface area contributed by atoms with Crippen molar-refractivity contribution in [2.75, 3.05) is 39.9 Å². The third-order valence-corrected chi connectivity index (χ3v) is 5.05. The van der Waals surface area contributed by atoms with Crippen LogP contribution in [-0.4, -0.2) is 56.8 Å². The zero-order valence-corrected chi connectivity index (χ0v) is 14.7. The van der Waals surface area contributed by atoms with Gasteiger partial charge in [-0.25, -0.2) is 0 Å². The summed E-state index contributed by atoms with van der Waals surface area (Å²) in [5, 5.41) is 7.12. The highest BCUT2D eigenvalue weighted by Crippen LogP contribution is 2.21. The molecule has 0 amide bonds. The minimum absolute atomic E-state index is 0.345. The minimum Gasteiger partial charge on any atom is -0.379 e. The first-order valence-electron chi connectivity index (χ1n) is 9.21. The molecule has 0 spiro atoms. The van der Waals surface area contributed by atoms with E-state index in [0.29, 0.717) is 12.1 Å². The molecule has 1 heterocycles. The van der Waals surface area contributed by atoms with Crippen molar-refractivity contribution >= 4 is 5.96 Å². The van der Waals surface area contributed by atoms with Crippen molar-refractivity contribution in [3.63, 3.8) is 0 Å². The second-order valence-electron chi connectivity index (χ2n) is 6.65. The lowest BCUT2D eigenvalue weighted by molar-refractivity contribution is 0.0170. The van der Waals surface area contributed by atoms with Crippen LogP contribution < -0.4 is 10.6 Å². The predicted molar refractivity (Wildman–Crippen MR) is 98.3 cm³/mol. The molecule has 2 aliphatic rings. The van der Waals surface area contributed by atoms with Crippen molar-refractivity contribution < 1.29 is 4.74 Å². The third-order valence-electron chi connectivity index (χ3n) is 5.05. The highest BCUT2D eigenvalue weighted by Gasteiger charge is 2.23. The number of rotatable bonds is 5. The Labute approximate surface area is 145 Å². The van der Waals surface area contributed by atoms with Crippen molar-refractivity contribution in [1.29, 1.82) is 0 Å². The van der Waals surface area contributed by atoms with Crippen LogP contribution in [0.3, 0.4) is 0 Å². The summed E-state index contributed by atoms with van der Waals surface area (Å²) in [4.78, 5) is 6.92. The number of guanidine groups is 1. The van der Waals surface area contributed by atoms with Gasteiger partial charge in [0.25, 0.3) is 0 Å². The summed E-state index contributed by atoms with van der Waals surface area (Å²) in [5.41, 5.74) is 1.35. The molecule has 1 aromatic carbocycles. The molecule has 1 aromatic rings. The number of hydrogen-bond donors (Lipinski definition) is 2. The molecule has 1 saturated carbocycles. The molecule has 0 aromatic heterocycles. The van der Waals surface area contributed by atoms with Crippen LogP contribution in [0.4, 0.5) is 0 Å². The lowest BCUT2D eigenvalue weighted by Gasteiger charge is -2.35. The second kappa shape index (κ2) is 9.04. The van der Waals surface area contributed by atoms with Gasteiger partial charge in [0.05, 0.1) is 19.3 Å². The van der Waals surface area contributed by atoms with Gasteiger partial charge in [-0.3, -0.25) is 9.89 Å². The highest BCUT2D eigenvalue weighted by atomic mass is 16.5. The number of morpholine rings is 1. The Bertz CT molecular complexity index is 507. The Kier molecular flexibility index (Phi) is 6.49. The SMILES string of the molecule is CN=C(NCC(c1ccccc1)N1CCOCC1)NC1CCCC1. The molecule has 1 aliphatic heterocycles. The fraction of sp³-hybridized carbons (Fsp3) is 0.632. The van der Waals surface area contributed by atoms with E-state index < -0.39 is 0 Å². The summed E-state index contributed by atoms with van der Waals surface area (Å²) < 4.78 is 5.52. The number of nitrogens with one attached hydrogen (secondary N) is 2. The first-order valence-corrected chi connectivity index (χ1v) is 9.21. The summed E-state index contributed by atoms with van der Waals surface area (Å²) in [6.07, 6.45) is 5.17. The monoisotopic (exact) mass is 330 g/mol. The van der Waals surface area contributed by atoms with E-state index in [1.54, 1.807) is 0 Å². The van der Waals surface area contributed by atoms with E-state index in [4.69, 9.17) is 4.74 Å². The zero-order valence-electron chi connectivity index (χ0n) is 14.7. The molecule has 1 saturated heterocycles. The van der Waals surface area contributed by atoms with E-state index in [2.05, 4.69) is 50.9 Å². The van der Waals surface area contributed by atoms with Crippen LogP contribution in [0.1, 0.15) is 37.3 Å². The Balaban J connectivity index is 1.62. The Hall–Kier alpha value is -1.59. The average Bonchev–Trinajstić information content (AvgIpc) is 3.16. The minimum atomic E-state index is 0.345. The van der Waals surface area contributed by atoms with Crippen LogP contribution >= 0.6 is 0 Å². The first-order chi connectivity index (χ1) is 11.9. The Morgan fingerprint density at radius 3 is 2.58 bits per heavy atom. The van der Waals surface area contributed by atoms with Gasteiger partial charge in [0.1, 0.15) is 0 Å². The highest BCUT2D eigenvalue weighted by molar-refractivity contribution is 5.80. The number of hydrogen-bond acceptors (Lipinski definition) is 3. The molecule has 5 heteroatoms. The summed E-state index contributed by atoms with van der Waals surface area (Å²) in [6, 6.07) is 11.7. The maximum Gasteiger partial charge on any atom is 0.191 e. The van der Waals surface area contributed by atoms with E-state index in [0.717, 1.165) is 38.8 Å². The van der Waals surface area contributed by atoms with Gasteiger partial charge in [0.2, 0.25) is 0 Å². The Morgan fingerprint density at radius 1 is 1.21 bits per heavy atom. The topological polar surface area (TPSA) is 48.9 Å². The number of aliphatic imine (C=N–C) groups is 1. The molecule has 3 rings (SSSR count). The van der Waals surface area contributed by atoms with Gasteiger partial charge in [0, 0.05) is 32.7 Å². The van der Waals surface area contributed by atoms with Crippen molar-refractivity contribution in [1.82, 2.24) is 15.5 Å². The molecule has 0 radical (unpaired) electrons. The molecule has 1 aliphatic carbocycles. The molecule has 2 fully saturated rings. The van der Waals surface area contributed by atoms with Gasteiger partial charge in [-0.2, -0.15) is 0 Å². The van der Waals surface area contributed by atoms with E-state index in [1.807, 2.05) is 7.05 Å². The van der Waals surface area contributed by atoms with Gasteiger partial charge >= 0.3 is 0 Å². The number of ether oxygens (including phenoxy) is 1. The quantitative estimate of drug-likeness (QED) is 0.642. The van der Waals surface area contributed by atoms with Crippen molar-refractivity contribution in [2.24, 2.45) is 4.99 Å². The van der Waals surface area contributed by atoms with Gasteiger partial charge in [-0.15, -0.1) is 0 Å². The van der Waals surface area contributed by atoms with Gasteiger partial charge in [0.15, 0.2) is 5.96 Å². The number of nitrogens with zero attached hydrogens (tertiary/aromatic N) is 2. The standard InChI is InChI=1S/C19H30N4O/c1-20-19(22-17-9-5-6-10-17)21-15-18(16-7-3-2-4-8-16)23-11-13-24-14-12-23/h2-4,7-8,17-18H,5-6,9-15H2,1H3,(H2,20,21,22). The van der Waals surface area contributed by atoms with Crippen LogP contribution in [0.5, 0.6) is 0 Å². The fourth-order valence-corrected chi connectivity index (χ4v) is 3.67. The Morgan fingerprint density at radius 2 is 1.92 bits per heavy atom.